The Hall–Kier alpha value is -1.32. The maximum Gasteiger partial charge on any atom is 0.0946 e. The molecule has 0 bridgehead atoms. The standard InChI is InChI=1S/C14H18ClN3/c1-2-14(12-4-3-5-13(15)10-12)17-7-9-18-8-6-16-11-18/h3-6,8,10-11,14,17H,2,7,9H2,1H3. The topological polar surface area (TPSA) is 29.9 Å². The van der Waals surface area contributed by atoms with Crippen molar-refractivity contribution in [3.63, 3.8) is 0 Å². The summed E-state index contributed by atoms with van der Waals surface area (Å²) in [6.45, 7) is 4.02. The molecule has 96 valence electrons. The fourth-order valence-electron chi connectivity index (χ4n) is 2.01. The average Bonchev–Trinajstić information content (AvgIpc) is 2.88. The molecular weight excluding hydrogens is 246 g/mol. The Morgan fingerprint density at radius 2 is 2.33 bits per heavy atom. The van der Waals surface area contributed by atoms with E-state index in [0.717, 1.165) is 24.5 Å². The normalized spacial score (nSPS) is 12.6. The highest BCUT2D eigenvalue weighted by molar-refractivity contribution is 6.30. The fourth-order valence-corrected chi connectivity index (χ4v) is 2.21. The van der Waals surface area contributed by atoms with Crippen molar-refractivity contribution in [1.29, 1.82) is 0 Å². The molecular formula is C14H18ClN3. The van der Waals surface area contributed by atoms with E-state index in [0.29, 0.717) is 6.04 Å². The highest BCUT2D eigenvalue weighted by Gasteiger charge is 2.08. The van der Waals surface area contributed by atoms with Crippen molar-refractivity contribution in [2.24, 2.45) is 0 Å². The summed E-state index contributed by atoms with van der Waals surface area (Å²) in [4.78, 5) is 4.03. The van der Waals surface area contributed by atoms with E-state index < -0.39 is 0 Å². The molecule has 0 aliphatic carbocycles. The van der Waals surface area contributed by atoms with Crippen LogP contribution in [0.25, 0.3) is 0 Å². The molecule has 18 heavy (non-hydrogen) atoms. The molecule has 2 aromatic rings. The lowest BCUT2D eigenvalue weighted by molar-refractivity contribution is 0.492. The first-order chi connectivity index (χ1) is 8.79. The summed E-state index contributed by atoms with van der Waals surface area (Å²) >= 11 is 6.02. The van der Waals surface area contributed by atoms with Crippen LogP contribution in [0.5, 0.6) is 0 Å². The Labute approximate surface area is 113 Å². The lowest BCUT2D eigenvalue weighted by atomic mass is 10.0. The van der Waals surface area contributed by atoms with Gasteiger partial charge in [0.25, 0.3) is 0 Å². The van der Waals surface area contributed by atoms with Crippen LogP contribution in [0.15, 0.2) is 43.0 Å². The van der Waals surface area contributed by atoms with Crippen LogP contribution >= 0.6 is 11.6 Å². The molecule has 0 amide bonds. The van der Waals surface area contributed by atoms with Crippen molar-refractivity contribution in [1.82, 2.24) is 14.9 Å². The van der Waals surface area contributed by atoms with Crippen molar-refractivity contribution in [3.8, 4) is 0 Å². The van der Waals surface area contributed by atoms with Gasteiger partial charge in [-0.05, 0) is 24.1 Å². The Morgan fingerprint density at radius 1 is 1.44 bits per heavy atom. The number of rotatable bonds is 6. The Balaban J connectivity index is 1.89. The van der Waals surface area contributed by atoms with Gasteiger partial charge in [-0.3, -0.25) is 0 Å². The molecule has 0 spiro atoms. The second-order valence-corrected chi connectivity index (χ2v) is 4.71. The second kappa shape index (κ2) is 6.57. The molecule has 4 heteroatoms. The number of imidazole rings is 1. The molecule has 0 saturated heterocycles. The van der Waals surface area contributed by atoms with Gasteiger partial charge >= 0.3 is 0 Å². The molecule has 1 unspecified atom stereocenters. The molecule has 1 atom stereocenters. The van der Waals surface area contributed by atoms with Gasteiger partial charge in [-0.15, -0.1) is 0 Å². The molecule has 0 aliphatic heterocycles. The lowest BCUT2D eigenvalue weighted by Gasteiger charge is -2.17. The third kappa shape index (κ3) is 3.59. The predicted molar refractivity (Wildman–Crippen MR) is 74.7 cm³/mol. The largest absolute Gasteiger partial charge is 0.336 e. The maximum absolute atomic E-state index is 6.02. The predicted octanol–water partition coefficient (Wildman–Crippen LogP) is 3.28. The number of nitrogens with zero attached hydrogens (tertiary/aromatic N) is 2. The summed E-state index contributed by atoms with van der Waals surface area (Å²) in [7, 11) is 0. The average molecular weight is 264 g/mol. The molecule has 2 rings (SSSR count). The van der Waals surface area contributed by atoms with Gasteiger partial charge in [-0.25, -0.2) is 4.98 Å². The SMILES string of the molecule is CCC(NCCn1ccnc1)c1cccc(Cl)c1. The van der Waals surface area contributed by atoms with E-state index in [-0.39, 0.29) is 0 Å². The quantitative estimate of drug-likeness (QED) is 0.867. The first-order valence-electron chi connectivity index (χ1n) is 6.24. The zero-order chi connectivity index (χ0) is 12.8. The van der Waals surface area contributed by atoms with Gasteiger partial charge in [0.1, 0.15) is 0 Å². The minimum atomic E-state index is 0.354. The maximum atomic E-state index is 6.02. The van der Waals surface area contributed by atoms with Gasteiger partial charge in [-0.2, -0.15) is 0 Å². The number of nitrogens with one attached hydrogen (secondary N) is 1. The number of hydrogen-bond donors (Lipinski definition) is 1. The van der Waals surface area contributed by atoms with Crippen LogP contribution in [0.1, 0.15) is 24.9 Å². The molecule has 3 nitrogen and oxygen atoms in total. The molecule has 0 fully saturated rings. The van der Waals surface area contributed by atoms with Crippen molar-refractivity contribution in [2.75, 3.05) is 6.54 Å². The van der Waals surface area contributed by atoms with Crippen LogP contribution < -0.4 is 5.32 Å². The van der Waals surface area contributed by atoms with Crippen LogP contribution in [-0.2, 0) is 6.54 Å². The van der Waals surface area contributed by atoms with E-state index in [4.69, 9.17) is 11.6 Å². The van der Waals surface area contributed by atoms with Crippen LogP contribution in [0.3, 0.4) is 0 Å². The summed E-state index contributed by atoms with van der Waals surface area (Å²) in [6, 6.07) is 8.40. The third-order valence-electron chi connectivity index (χ3n) is 2.98. The first-order valence-corrected chi connectivity index (χ1v) is 6.62. The Morgan fingerprint density at radius 3 is 3.00 bits per heavy atom. The third-order valence-corrected chi connectivity index (χ3v) is 3.21. The van der Waals surface area contributed by atoms with Crippen molar-refractivity contribution < 1.29 is 0 Å². The van der Waals surface area contributed by atoms with Crippen molar-refractivity contribution >= 4 is 11.6 Å². The van der Waals surface area contributed by atoms with E-state index in [9.17, 15) is 0 Å². The summed E-state index contributed by atoms with van der Waals surface area (Å²) in [5.74, 6) is 0. The molecule has 1 aromatic carbocycles. The van der Waals surface area contributed by atoms with Crippen molar-refractivity contribution in [2.45, 2.75) is 25.9 Å². The number of aromatic nitrogens is 2. The molecule has 1 heterocycles. The number of benzene rings is 1. The zero-order valence-corrected chi connectivity index (χ0v) is 11.3. The van der Waals surface area contributed by atoms with E-state index in [1.165, 1.54) is 5.56 Å². The van der Waals surface area contributed by atoms with Crippen LogP contribution in [0.2, 0.25) is 5.02 Å². The molecule has 1 N–H and O–H groups in total. The highest BCUT2D eigenvalue weighted by atomic mass is 35.5. The van der Waals surface area contributed by atoms with Gasteiger partial charge in [0, 0.05) is 36.5 Å². The van der Waals surface area contributed by atoms with Gasteiger partial charge in [0.15, 0.2) is 0 Å². The summed E-state index contributed by atoms with van der Waals surface area (Å²) in [5.41, 5.74) is 1.25. The van der Waals surface area contributed by atoms with E-state index in [2.05, 4.69) is 27.9 Å². The van der Waals surface area contributed by atoms with E-state index in [1.54, 1.807) is 6.20 Å². The molecule has 0 aliphatic rings. The number of halogens is 1. The van der Waals surface area contributed by atoms with Crippen LogP contribution in [-0.4, -0.2) is 16.1 Å². The fraction of sp³-hybridized carbons (Fsp3) is 0.357. The van der Waals surface area contributed by atoms with Gasteiger partial charge in [0.05, 0.1) is 6.33 Å². The van der Waals surface area contributed by atoms with Gasteiger partial charge < -0.3 is 9.88 Å². The van der Waals surface area contributed by atoms with Crippen molar-refractivity contribution in [3.05, 3.63) is 53.6 Å². The minimum absolute atomic E-state index is 0.354. The minimum Gasteiger partial charge on any atom is -0.336 e. The summed E-state index contributed by atoms with van der Waals surface area (Å²) in [5, 5.41) is 4.34. The van der Waals surface area contributed by atoms with E-state index in [1.807, 2.05) is 30.7 Å². The molecule has 0 saturated carbocycles. The van der Waals surface area contributed by atoms with Gasteiger partial charge in [0.2, 0.25) is 0 Å². The Bertz CT molecular complexity index is 468. The molecule has 0 radical (unpaired) electrons. The van der Waals surface area contributed by atoms with E-state index >= 15 is 0 Å². The Kier molecular flexibility index (Phi) is 4.79. The smallest absolute Gasteiger partial charge is 0.0946 e. The summed E-state index contributed by atoms with van der Waals surface area (Å²) in [6.07, 6.45) is 6.66. The second-order valence-electron chi connectivity index (χ2n) is 4.27. The zero-order valence-electron chi connectivity index (χ0n) is 10.5. The van der Waals surface area contributed by atoms with Crippen LogP contribution in [0.4, 0.5) is 0 Å². The molecule has 1 aromatic heterocycles. The van der Waals surface area contributed by atoms with Crippen LogP contribution in [0, 0.1) is 0 Å². The van der Waals surface area contributed by atoms with Gasteiger partial charge in [-0.1, -0.05) is 30.7 Å². The highest BCUT2D eigenvalue weighted by Crippen LogP contribution is 2.19. The summed E-state index contributed by atoms with van der Waals surface area (Å²) < 4.78 is 2.07. The number of hydrogen-bond acceptors (Lipinski definition) is 2. The first kappa shape index (κ1) is 13.1. The lowest BCUT2D eigenvalue weighted by Crippen LogP contribution is -2.24. The monoisotopic (exact) mass is 263 g/mol.